The maximum atomic E-state index is 13.8. The van der Waals surface area contributed by atoms with E-state index < -0.39 is 22.6 Å². The average Bonchev–Trinajstić information content (AvgIpc) is 2.97. The van der Waals surface area contributed by atoms with Gasteiger partial charge in [0.05, 0.1) is 5.92 Å². The summed E-state index contributed by atoms with van der Waals surface area (Å²) in [5, 5.41) is 25.2. The predicted octanol–water partition coefficient (Wildman–Crippen LogP) is 1.75. The van der Waals surface area contributed by atoms with Gasteiger partial charge in [-0.05, 0) is 56.3 Å². The molecule has 0 aromatic heterocycles. The van der Waals surface area contributed by atoms with Crippen LogP contribution in [-0.4, -0.2) is 66.7 Å². The first-order valence-corrected chi connectivity index (χ1v) is 11.5. The summed E-state index contributed by atoms with van der Waals surface area (Å²) in [4.78, 5) is 39.3. The van der Waals surface area contributed by atoms with Crippen molar-refractivity contribution in [1.29, 1.82) is 0 Å². The molecule has 1 aromatic rings. The lowest BCUT2D eigenvalue weighted by Gasteiger charge is -2.45. The number of carboxylic acids is 1. The standard InChI is InChI=1S/C23H30N4O5/c1-25-13-27(32,20-4-5-21(28)24-22(20)29)19-3-2-15(12-18(19)25)14-6-8-26(9-7-14)17-10-16(11-17)23(30)31/h2-3,12,14,16-17,20H,4-11,13H2,1H3,(H,30,31)(H,24,28,29). The molecule has 2 unspecified atom stereocenters. The van der Waals surface area contributed by atoms with Gasteiger partial charge in [0.1, 0.15) is 5.69 Å². The molecule has 172 valence electrons. The third-order valence-electron chi connectivity index (χ3n) is 7.93. The number of rotatable bonds is 4. The van der Waals surface area contributed by atoms with Crippen molar-refractivity contribution in [2.75, 3.05) is 31.7 Å². The first kappa shape index (κ1) is 21.4. The highest BCUT2D eigenvalue weighted by molar-refractivity contribution is 6.01. The van der Waals surface area contributed by atoms with Crippen molar-refractivity contribution >= 4 is 29.2 Å². The van der Waals surface area contributed by atoms with Gasteiger partial charge in [0.15, 0.2) is 18.4 Å². The number of aliphatic carboxylic acids is 1. The van der Waals surface area contributed by atoms with Gasteiger partial charge >= 0.3 is 5.97 Å². The molecule has 5 rings (SSSR count). The number of hydroxylamine groups is 2. The second-order valence-electron chi connectivity index (χ2n) is 9.82. The van der Waals surface area contributed by atoms with Crippen molar-refractivity contribution in [1.82, 2.24) is 14.9 Å². The van der Waals surface area contributed by atoms with Crippen molar-refractivity contribution in [3.05, 3.63) is 29.0 Å². The zero-order valence-electron chi connectivity index (χ0n) is 18.3. The third kappa shape index (κ3) is 3.48. The number of hydrogen-bond donors (Lipinski definition) is 2. The zero-order valence-corrected chi connectivity index (χ0v) is 18.3. The van der Waals surface area contributed by atoms with Crippen LogP contribution in [0.2, 0.25) is 0 Å². The van der Waals surface area contributed by atoms with E-state index in [2.05, 4.69) is 16.3 Å². The van der Waals surface area contributed by atoms with Crippen LogP contribution in [0.5, 0.6) is 0 Å². The third-order valence-corrected chi connectivity index (χ3v) is 7.93. The van der Waals surface area contributed by atoms with Gasteiger partial charge in [0.2, 0.25) is 5.91 Å². The van der Waals surface area contributed by atoms with Crippen molar-refractivity contribution in [2.45, 2.75) is 56.5 Å². The summed E-state index contributed by atoms with van der Waals surface area (Å²) in [6.45, 7) is 2.09. The molecule has 2 saturated heterocycles. The number of amides is 2. The van der Waals surface area contributed by atoms with Crippen LogP contribution in [-0.2, 0) is 14.4 Å². The number of imide groups is 1. The first-order valence-electron chi connectivity index (χ1n) is 11.5. The van der Waals surface area contributed by atoms with Gasteiger partial charge in [-0.25, -0.2) is 0 Å². The summed E-state index contributed by atoms with van der Waals surface area (Å²) in [7, 11) is 1.88. The number of carboxylic acid groups (broad SMARTS) is 1. The molecule has 4 aliphatic rings. The SMILES string of the molecule is CN1C[N+]([O-])(C2CCC(=O)NC2=O)c2ccc(C3CCN(C4CC(C(=O)O)C4)CC3)cc21. The molecule has 3 fully saturated rings. The Morgan fingerprint density at radius 1 is 1.19 bits per heavy atom. The lowest BCUT2D eigenvalue weighted by molar-refractivity contribution is -0.147. The fourth-order valence-electron chi connectivity index (χ4n) is 5.92. The van der Waals surface area contributed by atoms with E-state index >= 15 is 0 Å². The Balaban J connectivity index is 1.28. The largest absolute Gasteiger partial charge is 0.625 e. The highest BCUT2D eigenvalue weighted by Gasteiger charge is 2.47. The smallest absolute Gasteiger partial charge is 0.306 e. The second-order valence-corrected chi connectivity index (χ2v) is 9.82. The molecule has 2 amide bonds. The fourth-order valence-corrected chi connectivity index (χ4v) is 5.92. The van der Waals surface area contributed by atoms with Crippen LogP contribution in [0.3, 0.4) is 0 Å². The Kier molecular flexibility index (Phi) is 5.22. The van der Waals surface area contributed by atoms with Crippen LogP contribution in [0.1, 0.15) is 50.0 Å². The second kappa shape index (κ2) is 7.83. The van der Waals surface area contributed by atoms with Crippen molar-refractivity contribution < 1.29 is 19.5 Å². The molecule has 1 aromatic carbocycles. The van der Waals surface area contributed by atoms with Crippen LogP contribution in [0.4, 0.5) is 11.4 Å². The Morgan fingerprint density at radius 3 is 2.56 bits per heavy atom. The van der Waals surface area contributed by atoms with Crippen molar-refractivity contribution in [3.63, 3.8) is 0 Å². The summed E-state index contributed by atoms with van der Waals surface area (Å²) in [5.74, 6) is -1.24. The summed E-state index contributed by atoms with van der Waals surface area (Å²) in [6.07, 6.45) is 4.01. The summed E-state index contributed by atoms with van der Waals surface area (Å²) in [6, 6.07) is 5.60. The summed E-state index contributed by atoms with van der Waals surface area (Å²) in [5.41, 5.74) is 2.68. The highest BCUT2D eigenvalue weighted by Crippen LogP contribution is 2.45. The molecular formula is C23H30N4O5. The molecule has 0 bridgehead atoms. The molecule has 9 nitrogen and oxygen atoms in total. The quantitative estimate of drug-likeness (QED) is 0.415. The number of piperidine rings is 2. The number of benzene rings is 1. The van der Waals surface area contributed by atoms with Crippen LogP contribution < -0.4 is 14.9 Å². The Labute approximate surface area is 187 Å². The van der Waals surface area contributed by atoms with E-state index in [1.165, 1.54) is 5.56 Å². The molecule has 0 spiro atoms. The molecule has 2 N–H and O–H groups in total. The number of anilines is 1. The Morgan fingerprint density at radius 2 is 1.91 bits per heavy atom. The number of nitrogens with one attached hydrogen (secondary N) is 1. The van der Waals surface area contributed by atoms with Gasteiger partial charge in [-0.15, -0.1) is 0 Å². The molecule has 0 radical (unpaired) electrons. The maximum Gasteiger partial charge on any atom is 0.306 e. The predicted molar refractivity (Wildman–Crippen MR) is 119 cm³/mol. The number of carbonyl (C=O) groups is 3. The Bertz CT molecular complexity index is 954. The van der Waals surface area contributed by atoms with Gasteiger partial charge in [-0.3, -0.25) is 24.3 Å². The van der Waals surface area contributed by atoms with E-state index in [-0.39, 0.29) is 31.3 Å². The van der Waals surface area contributed by atoms with E-state index in [0.717, 1.165) is 44.5 Å². The van der Waals surface area contributed by atoms with E-state index in [9.17, 15) is 19.6 Å². The number of quaternary nitrogens is 1. The lowest BCUT2D eigenvalue weighted by atomic mass is 9.78. The first-order chi connectivity index (χ1) is 15.3. The molecule has 32 heavy (non-hydrogen) atoms. The van der Waals surface area contributed by atoms with Gasteiger partial charge in [0.25, 0.3) is 5.91 Å². The molecule has 1 aliphatic carbocycles. The minimum absolute atomic E-state index is 0.163. The molecule has 3 heterocycles. The minimum Gasteiger partial charge on any atom is -0.625 e. The van der Waals surface area contributed by atoms with Gasteiger partial charge in [-0.2, -0.15) is 0 Å². The van der Waals surface area contributed by atoms with E-state index in [4.69, 9.17) is 5.11 Å². The maximum absolute atomic E-state index is 13.8. The van der Waals surface area contributed by atoms with Crippen molar-refractivity contribution in [3.8, 4) is 0 Å². The van der Waals surface area contributed by atoms with E-state index in [1.54, 1.807) is 0 Å². The van der Waals surface area contributed by atoms with E-state index in [0.29, 0.717) is 17.6 Å². The van der Waals surface area contributed by atoms with Gasteiger partial charge in [0, 0.05) is 32.0 Å². The molecule has 9 heteroatoms. The number of likely N-dealkylation sites (tertiary alicyclic amines) is 1. The highest BCUT2D eigenvalue weighted by atomic mass is 16.6. The summed E-state index contributed by atoms with van der Waals surface area (Å²) < 4.78 is -0.740. The molecule has 3 aliphatic heterocycles. The fraction of sp³-hybridized carbons (Fsp3) is 0.609. The Hall–Kier alpha value is -2.49. The average molecular weight is 443 g/mol. The monoisotopic (exact) mass is 442 g/mol. The van der Waals surface area contributed by atoms with Crippen LogP contribution >= 0.6 is 0 Å². The van der Waals surface area contributed by atoms with Crippen molar-refractivity contribution in [2.24, 2.45) is 5.92 Å². The molecule has 2 atom stereocenters. The minimum atomic E-state index is -0.803. The topological polar surface area (TPSA) is 113 Å². The number of hydrogen-bond acceptors (Lipinski definition) is 6. The normalized spacial score (nSPS) is 33.6. The van der Waals surface area contributed by atoms with Crippen LogP contribution in [0.25, 0.3) is 0 Å². The number of carbonyl (C=O) groups excluding carboxylic acids is 2. The van der Waals surface area contributed by atoms with Gasteiger partial charge < -0.3 is 20.1 Å². The summed E-state index contributed by atoms with van der Waals surface area (Å²) >= 11 is 0. The lowest BCUT2D eigenvalue weighted by Crippen LogP contribution is -2.62. The number of fused-ring (bicyclic) bond motifs is 1. The molecule has 1 saturated carbocycles. The van der Waals surface area contributed by atoms with E-state index in [1.807, 2.05) is 24.1 Å². The zero-order chi connectivity index (χ0) is 22.6. The van der Waals surface area contributed by atoms with Crippen LogP contribution in [0.15, 0.2) is 18.2 Å². The van der Waals surface area contributed by atoms with Gasteiger partial charge in [-0.1, -0.05) is 6.07 Å². The van der Waals surface area contributed by atoms with Crippen LogP contribution in [0, 0.1) is 11.1 Å². The number of nitrogens with zero attached hydrogens (tertiary/aromatic N) is 3. The molecular weight excluding hydrogens is 412 g/mol.